The second-order valence-corrected chi connectivity index (χ2v) is 8.72. The van der Waals surface area contributed by atoms with Crippen LogP contribution in [0.5, 0.6) is 17.2 Å². The second-order valence-electron chi connectivity index (χ2n) is 8.72. The number of aromatic nitrogens is 1. The Balaban J connectivity index is 1.57. The van der Waals surface area contributed by atoms with Crippen molar-refractivity contribution < 1.29 is 28.5 Å². The average Bonchev–Trinajstić information content (AvgIpc) is 3.50. The Morgan fingerprint density at radius 1 is 1.19 bits per heavy atom. The molecule has 0 amide bonds. The van der Waals surface area contributed by atoms with E-state index in [-0.39, 0.29) is 24.8 Å². The van der Waals surface area contributed by atoms with Crippen molar-refractivity contribution in [1.29, 1.82) is 0 Å². The fourth-order valence-corrected chi connectivity index (χ4v) is 4.59. The number of halogens is 1. The minimum Gasteiger partial charge on any atom is -0.497 e. The van der Waals surface area contributed by atoms with Crippen molar-refractivity contribution in [3.05, 3.63) is 82.8 Å². The topological polar surface area (TPSA) is 92.8 Å². The van der Waals surface area contributed by atoms with Crippen molar-refractivity contribution in [3.63, 3.8) is 0 Å². The number of hydrogen-bond acceptors (Lipinski definition) is 6. The first-order chi connectivity index (χ1) is 17.5. The number of ether oxygens (including phenoxy) is 3. The number of fused-ring (bicyclic) bond motifs is 2. The van der Waals surface area contributed by atoms with Gasteiger partial charge in [0, 0.05) is 59.0 Å². The minimum atomic E-state index is -0.813. The Labute approximate surface area is 207 Å². The van der Waals surface area contributed by atoms with Crippen molar-refractivity contribution >= 4 is 22.4 Å². The molecule has 1 aromatic heterocycles. The Kier molecular flexibility index (Phi) is 6.52. The highest BCUT2D eigenvalue weighted by molar-refractivity contribution is 6.12. The number of aliphatic hydroxyl groups excluding tert-OH is 1. The van der Waals surface area contributed by atoms with E-state index in [4.69, 9.17) is 19.3 Å². The van der Waals surface area contributed by atoms with Crippen LogP contribution in [-0.2, 0) is 6.42 Å². The summed E-state index contributed by atoms with van der Waals surface area (Å²) in [4.78, 5) is 17.3. The molecule has 0 spiro atoms. The fourth-order valence-electron chi connectivity index (χ4n) is 4.59. The van der Waals surface area contributed by atoms with Crippen molar-refractivity contribution in [2.24, 2.45) is 0 Å². The van der Waals surface area contributed by atoms with Gasteiger partial charge in [-0.15, -0.1) is 0 Å². The number of nitrogens with one attached hydrogen (secondary N) is 2. The average molecular weight is 491 g/mol. The van der Waals surface area contributed by atoms with Gasteiger partial charge >= 0.3 is 0 Å². The van der Waals surface area contributed by atoms with E-state index in [1.54, 1.807) is 37.4 Å². The smallest absolute Gasteiger partial charge is 0.191 e. The summed E-state index contributed by atoms with van der Waals surface area (Å²) in [5.41, 5.74) is 4.29. The maximum atomic E-state index is 14.1. The molecule has 0 aliphatic carbocycles. The molecule has 0 saturated heterocycles. The summed E-state index contributed by atoms with van der Waals surface area (Å²) in [5.74, 6) is 1.30. The molecule has 1 aliphatic heterocycles. The van der Waals surface area contributed by atoms with Crippen LogP contribution in [-0.4, -0.2) is 42.8 Å². The van der Waals surface area contributed by atoms with Gasteiger partial charge in [0.15, 0.2) is 5.78 Å². The summed E-state index contributed by atoms with van der Waals surface area (Å²) in [6.45, 7) is 2.39. The lowest BCUT2D eigenvalue weighted by molar-refractivity contribution is 0.0970. The summed E-state index contributed by atoms with van der Waals surface area (Å²) >= 11 is 0. The lowest BCUT2D eigenvalue weighted by Gasteiger charge is -2.22. The maximum absolute atomic E-state index is 14.1. The molecule has 0 fully saturated rings. The standard InChI is InChI=1S/C28H27FN2O5/c1-16-9-18(29)3-4-22(16)27(31-19-11-20(34-2)13-21(12-19)35-8-6-32)28(33)24-15-30-25-14-26-17(5-7-36-26)10-23(24)25/h3-4,9-15,27,30-32H,5-8H2,1-2H3. The number of H-pyrrole nitrogens is 1. The molecular weight excluding hydrogens is 463 g/mol. The molecule has 1 unspecified atom stereocenters. The zero-order valence-electron chi connectivity index (χ0n) is 20.1. The number of rotatable bonds is 9. The van der Waals surface area contributed by atoms with E-state index in [1.807, 2.05) is 12.1 Å². The van der Waals surface area contributed by atoms with Gasteiger partial charge < -0.3 is 29.6 Å². The molecule has 0 bridgehead atoms. The normalized spacial score (nSPS) is 13.2. The first-order valence-corrected chi connectivity index (χ1v) is 11.7. The van der Waals surface area contributed by atoms with E-state index in [9.17, 15) is 9.18 Å². The van der Waals surface area contributed by atoms with Crippen LogP contribution in [0.2, 0.25) is 0 Å². The molecule has 8 heteroatoms. The number of aromatic amines is 1. The number of ketones is 1. The first-order valence-electron chi connectivity index (χ1n) is 11.7. The lowest BCUT2D eigenvalue weighted by Crippen LogP contribution is -2.22. The summed E-state index contributed by atoms with van der Waals surface area (Å²) in [6, 6.07) is 12.7. The van der Waals surface area contributed by atoms with Gasteiger partial charge in [-0.3, -0.25) is 4.79 Å². The highest BCUT2D eigenvalue weighted by Gasteiger charge is 2.27. The lowest BCUT2D eigenvalue weighted by atomic mass is 9.93. The molecule has 5 rings (SSSR count). The molecule has 36 heavy (non-hydrogen) atoms. The summed E-state index contributed by atoms with van der Waals surface area (Å²) in [6.07, 6.45) is 2.50. The van der Waals surface area contributed by atoms with Crippen LogP contribution in [0, 0.1) is 12.7 Å². The summed E-state index contributed by atoms with van der Waals surface area (Å²) < 4.78 is 30.6. The molecule has 0 radical (unpaired) electrons. The second kappa shape index (κ2) is 9.91. The van der Waals surface area contributed by atoms with Crippen LogP contribution in [0.1, 0.15) is 33.1 Å². The Morgan fingerprint density at radius 3 is 2.81 bits per heavy atom. The molecule has 7 nitrogen and oxygen atoms in total. The quantitative estimate of drug-likeness (QED) is 0.287. The number of aliphatic hydroxyl groups is 1. The summed E-state index contributed by atoms with van der Waals surface area (Å²) in [5, 5.41) is 13.3. The molecule has 1 aliphatic rings. The minimum absolute atomic E-state index is 0.120. The predicted molar refractivity (Wildman–Crippen MR) is 135 cm³/mol. The fraction of sp³-hybridized carbons (Fsp3) is 0.250. The van der Waals surface area contributed by atoms with E-state index in [0.29, 0.717) is 40.5 Å². The van der Waals surface area contributed by atoms with Crippen LogP contribution in [0.4, 0.5) is 10.1 Å². The van der Waals surface area contributed by atoms with Crippen LogP contribution in [0.3, 0.4) is 0 Å². The van der Waals surface area contributed by atoms with Gasteiger partial charge in [-0.25, -0.2) is 4.39 Å². The number of benzene rings is 3. The molecule has 186 valence electrons. The van der Waals surface area contributed by atoms with Gasteiger partial charge in [-0.1, -0.05) is 6.07 Å². The highest BCUT2D eigenvalue weighted by atomic mass is 19.1. The van der Waals surface area contributed by atoms with E-state index in [1.165, 1.54) is 19.2 Å². The third-order valence-electron chi connectivity index (χ3n) is 6.35. The van der Waals surface area contributed by atoms with Gasteiger partial charge in [-0.2, -0.15) is 0 Å². The number of carbonyl (C=O) groups is 1. The SMILES string of the molecule is COc1cc(NC(C(=O)c2c[nH]c3cc4c(cc23)CCO4)c2ccc(F)cc2C)cc(OCCO)c1. The summed E-state index contributed by atoms with van der Waals surface area (Å²) in [7, 11) is 1.54. The Hall–Kier alpha value is -4.04. The number of hydrogen-bond donors (Lipinski definition) is 3. The van der Waals surface area contributed by atoms with E-state index >= 15 is 0 Å². The van der Waals surface area contributed by atoms with Gasteiger partial charge in [0.2, 0.25) is 0 Å². The van der Waals surface area contributed by atoms with Gasteiger partial charge in [0.25, 0.3) is 0 Å². The first kappa shape index (κ1) is 23.7. The van der Waals surface area contributed by atoms with Crippen molar-refractivity contribution in [2.75, 3.05) is 32.2 Å². The van der Waals surface area contributed by atoms with E-state index in [0.717, 1.165) is 28.6 Å². The molecule has 4 aromatic rings. The number of Topliss-reactive ketones (excluding diaryl/α,β-unsaturated/α-hetero) is 1. The number of aryl methyl sites for hydroxylation is 1. The number of carbonyl (C=O) groups excluding carboxylic acids is 1. The van der Waals surface area contributed by atoms with Gasteiger partial charge in [0.05, 0.1) is 20.3 Å². The molecule has 3 N–H and O–H groups in total. The molecule has 0 saturated carbocycles. The third kappa shape index (κ3) is 4.59. The molecule has 3 aromatic carbocycles. The Morgan fingerprint density at radius 2 is 2.03 bits per heavy atom. The van der Waals surface area contributed by atoms with Crippen molar-refractivity contribution in [3.8, 4) is 17.2 Å². The van der Waals surface area contributed by atoms with Crippen molar-refractivity contribution in [2.45, 2.75) is 19.4 Å². The highest BCUT2D eigenvalue weighted by Crippen LogP contribution is 2.35. The number of anilines is 1. The van der Waals surface area contributed by atoms with Gasteiger partial charge in [0.1, 0.15) is 35.7 Å². The largest absolute Gasteiger partial charge is 0.497 e. The van der Waals surface area contributed by atoms with Crippen molar-refractivity contribution in [1.82, 2.24) is 4.98 Å². The van der Waals surface area contributed by atoms with E-state index < -0.39 is 6.04 Å². The van der Waals surface area contributed by atoms with Crippen LogP contribution in [0.25, 0.3) is 10.9 Å². The van der Waals surface area contributed by atoms with Crippen LogP contribution < -0.4 is 19.5 Å². The monoisotopic (exact) mass is 490 g/mol. The maximum Gasteiger partial charge on any atom is 0.191 e. The third-order valence-corrected chi connectivity index (χ3v) is 6.35. The van der Waals surface area contributed by atoms with Crippen LogP contribution in [0.15, 0.2) is 54.7 Å². The molecular formula is C28H27FN2O5. The molecule has 2 heterocycles. The zero-order chi connectivity index (χ0) is 25.2. The number of methoxy groups -OCH3 is 1. The van der Waals surface area contributed by atoms with E-state index in [2.05, 4.69) is 10.3 Å². The van der Waals surface area contributed by atoms with Crippen LogP contribution >= 0.6 is 0 Å². The zero-order valence-corrected chi connectivity index (χ0v) is 20.1. The predicted octanol–water partition coefficient (Wildman–Crippen LogP) is 4.97. The van der Waals surface area contributed by atoms with Gasteiger partial charge in [-0.05, 0) is 41.8 Å². The Bertz CT molecular complexity index is 1430. The molecule has 1 atom stereocenters.